The van der Waals surface area contributed by atoms with Gasteiger partial charge in [0.2, 0.25) is 0 Å². The monoisotopic (exact) mass is 480 g/mol. The number of rotatable bonds is 5. The Labute approximate surface area is 193 Å². The Kier molecular flexibility index (Phi) is 4.88. The molecule has 34 heavy (non-hydrogen) atoms. The number of primary sulfonamides is 1. The molecule has 2 aromatic carbocycles. The van der Waals surface area contributed by atoms with Crippen LogP contribution in [0.3, 0.4) is 0 Å². The van der Waals surface area contributed by atoms with Crippen LogP contribution in [0.1, 0.15) is 35.8 Å². The number of halogens is 1. The maximum atomic E-state index is 14.5. The summed E-state index contributed by atoms with van der Waals surface area (Å²) < 4.78 is 38.3. The third-order valence-corrected chi connectivity index (χ3v) is 6.78. The zero-order chi connectivity index (χ0) is 24.4. The van der Waals surface area contributed by atoms with E-state index in [-0.39, 0.29) is 16.6 Å². The lowest BCUT2D eigenvalue weighted by Gasteiger charge is -2.13. The fourth-order valence-electron chi connectivity index (χ4n) is 4.58. The van der Waals surface area contributed by atoms with Crippen molar-refractivity contribution in [3.8, 4) is 22.4 Å². The van der Waals surface area contributed by atoms with E-state index in [2.05, 4.69) is 15.0 Å². The number of carbonyl (C=O) groups is 1. The van der Waals surface area contributed by atoms with Crippen molar-refractivity contribution in [1.29, 1.82) is 0 Å². The van der Waals surface area contributed by atoms with Crippen LogP contribution in [-0.2, 0) is 10.0 Å². The molecule has 0 saturated carbocycles. The molecule has 5 aromatic rings. The van der Waals surface area contributed by atoms with Gasteiger partial charge >= 0.3 is 5.97 Å². The van der Waals surface area contributed by atoms with Gasteiger partial charge in [-0.2, -0.15) is 0 Å². The van der Waals surface area contributed by atoms with Gasteiger partial charge in [-0.25, -0.2) is 22.7 Å². The normalized spacial score (nSPS) is 12.3. The number of nitrogens with one attached hydrogen (secondary N) is 3. The molecule has 0 spiro atoms. The molecule has 0 amide bonds. The van der Waals surface area contributed by atoms with Gasteiger partial charge in [0.1, 0.15) is 16.5 Å². The van der Waals surface area contributed by atoms with Crippen molar-refractivity contribution >= 4 is 37.8 Å². The second-order valence-electron chi connectivity index (χ2n) is 8.46. The van der Waals surface area contributed by atoms with Gasteiger partial charge in [0.05, 0.1) is 5.69 Å². The predicted octanol–water partition coefficient (Wildman–Crippen LogP) is 4.92. The number of hydrogen-bond donors (Lipinski definition) is 5. The van der Waals surface area contributed by atoms with Crippen molar-refractivity contribution in [1.82, 2.24) is 15.0 Å². The van der Waals surface area contributed by atoms with E-state index in [1.54, 1.807) is 30.5 Å². The zero-order valence-corrected chi connectivity index (χ0v) is 19.0. The van der Waals surface area contributed by atoms with Crippen molar-refractivity contribution in [3.63, 3.8) is 0 Å². The molecule has 0 atom stereocenters. The first-order chi connectivity index (χ1) is 16.1. The van der Waals surface area contributed by atoms with Crippen molar-refractivity contribution in [2.24, 2.45) is 5.14 Å². The lowest BCUT2D eigenvalue weighted by molar-refractivity contribution is 0.0692. The first-order valence-electron chi connectivity index (χ1n) is 10.5. The number of carboxylic acids is 1. The number of fused-ring (bicyclic) bond motifs is 2. The lowest BCUT2D eigenvalue weighted by Crippen LogP contribution is -2.12. The lowest BCUT2D eigenvalue weighted by atomic mass is 9.89. The third kappa shape index (κ3) is 3.39. The molecule has 3 heterocycles. The van der Waals surface area contributed by atoms with E-state index in [9.17, 15) is 22.7 Å². The Morgan fingerprint density at radius 1 is 1.03 bits per heavy atom. The summed E-state index contributed by atoms with van der Waals surface area (Å²) in [6, 6.07) is 11.1. The SMILES string of the molecule is CC(C)c1c(-c2cc(F)cc3[nH]ccc23)[nH]c(C(=O)O)c1-c1cccc2[nH]c(S(N)(=O)=O)cc12. The number of carboxylic acid groups (broad SMARTS) is 1. The minimum Gasteiger partial charge on any atom is -0.477 e. The third-order valence-electron chi connectivity index (χ3n) is 5.95. The van der Waals surface area contributed by atoms with Crippen LogP contribution in [0.15, 0.2) is 53.7 Å². The molecule has 3 aromatic heterocycles. The maximum Gasteiger partial charge on any atom is 0.352 e. The first-order valence-corrected chi connectivity index (χ1v) is 12.0. The Balaban J connectivity index is 1.90. The van der Waals surface area contributed by atoms with Gasteiger partial charge in [-0.1, -0.05) is 26.0 Å². The maximum absolute atomic E-state index is 14.5. The number of nitrogens with two attached hydrogens (primary N) is 1. The Morgan fingerprint density at radius 2 is 1.79 bits per heavy atom. The quantitative estimate of drug-likeness (QED) is 0.243. The van der Waals surface area contributed by atoms with E-state index in [1.807, 2.05) is 13.8 Å². The average Bonchev–Trinajstić information content (AvgIpc) is 3.47. The van der Waals surface area contributed by atoms with E-state index in [0.717, 1.165) is 5.39 Å². The van der Waals surface area contributed by atoms with E-state index >= 15 is 0 Å². The summed E-state index contributed by atoms with van der Waals surface area (Å²) in [6.45, 7) is 3.84. The Hall–Kier alpha value is -3.89. The van der Waals surface area contributed by atoms with Gasteiger partial charge in [0, 0.05) is 39.1 Å². The summed E-state index contributed by atoms with van der Waals surface area (Å²) in [5.41, 5.74) is 3.64. The molecule has 0 fully saturated rings. The molecule has 0 saturated heterocycles. The second kappa shape index (κ2) is 7.57. The van der Waals surface area contributed by atoms with Crippen LogP contribution in [-0.4, -0.2) is 34.4 Å². The van der Waals surface area contributed by atoms with Crippen LogP contribution in [0.5, 0.6) is 0 Å². The molecule has 8 nitrogen and oxygen atoms in total. The van der Waals surface area contributed by atoms with Gasteiger partial charge in [0.15, 0.2) is 0 Å². The molecule has 0 bridgehead atoms. The molecule has 6 N–H and O–H groups in total. The number of hydrogen-bond acceptors (Lipinski definition) is 3. The van der Waals surface area contributed by atoms with Crippen molar-refractivity contribution < 1.29 is 22.7 Å². The van der Waals surface area contributed by atoms with Crippen LogP contribution in [0.2, 0.25) is 0 Å². The number of H-pyrrole nitrogens is 3. The van der Waals surface area contributed by atoms with Crippen molar-refractivity contribution in [2.75, 3.05) is 0 Å². The predicted molar refractivity (Wildman–Crippen MR) is 128 cm³/mol. The molecule has 0 aliphatic rings. The summed E-state index contributed by atoms with van der Waals surface area (Å²) in [5.74, 6) is -1.80. The van der Waals surface area contributed by atoms with Crippen molar-refractivity contribution in [3.05, 3.63) is 65.7 Å². The fraction of sp³-hybridized carbons (Fsp3) is 0.125. The van der Waals surface area contributed by atoms with Crippen LogP contribution in [0, 0.1) is 5.82 Å². The van der Waals surface area contributed by atoms with Crippen LogP contribution in [0.4, 0.5) is 4.39 Å². The zero-order valence-electron chi connectivity index (χ0n) is 18.2. The smallest absolute Gasteiger partial charge is 0.352 e. The molecular weight excluding hydrogens is 459 g/mol. The summed E-state index contributed by atoms with van der Waals surface area (Å²) in [4.78, 5) is 21.2. The minimum absolute atomic E-state index is 0.0718. The standard InChI is InChI=1S/C24H21FN4O4S/c1-11(2)20-21(14-4-3-5-17-15(14)10-19(28-17)34(26,32)33)23(24(30)31)29-22(20)16-8-12(25)9-18-13(16)6-7-27-18/h3-11,27-29H,1-2H3,(H,30,31)(H2,26,32,33). The van der Waals surface area contributed by atoms with Gasteiger partial charge in [0.25, 0.3) is 10.0 Å². The number of sulfonamides is 1. The number of benzene rings is 2. The fourth-order valence-corrected chi connectivity index (χ4v) is 5.12. The minimum atomic E-state index is -4.00. The molecule has 0 unspecified atom stereocenters. The largest absolute Gasteiger partial charge is 0.477 e. The summed E-state index contributed by atoms with van der Waals surface area (Å²) in [6.07, 6.45) is 1.69. The van der Waals surface area contributed by atoms with Gasteiger partial charge in [-0.3, -0.25) is 0 Å². The highest BCUT2D eigenvalue weighted by Crippen LogP contribution is 2.44. The van der Waals surface area contributed by atoms with Crippen LogP contribution in [0.25, 0.3) is 44.2 Å². The highest BCUT2D eigenvalue weighted by molar-refractivity contribution is 7.89. The molecule has 0 aliphatic heterocycles. The molecule has 0 aliphatic carbocycles. The topological polar surface area (TPSA) is 145 Å². The molecule has 0 radical (unpaired) electrons. The number of aromatic amines is 3. The molecular formula is C24H21FN4O4S. The number of aromatic nitrogens is 3. The van der Waals surface area contributed by atoms with Gasteiger partial charge in [-0.05, 0) is 47.4 Å². The van der Waals surface area contributed by atoms with Crippen LogP contribution >= 0.6 is 0 Å². The van der Waals surface area contributed by atoms with E-state index in [1.165, 1.54) is 18.2 Å². The molecule has 10 heteroatoms. The highest BCUT2D eigenvalue weighted by atomic mass is 32.2. The summed E-state index contributed by atoms with van der Waals surface area (Å²) in [7, 11) is -4.00. The van der Waals surface area contributed by atoms with Crippen LogP contribution < -0.4 is 5.14 Å². The summed E-state index contributed by atoms with van der Waals surface area (Å²) >= 11 is 0. The highest BCUT2D eigenvalue weighted by Gasteiger charge is 2.28. The van der Waals surface area contributed by atoms with E-state index in [4.69, 9.17) is 5.14 Å². The van der Waals surface area contributed by atoms with Gasteiger partial charge in [-0.15, -0.1) is 0 Å². The Morgan fingerprint density at radius 3 is 2.47 bits per heavy atom. The van der Waals surface area contributed by atoms with E-state index < -0.39 is 21.8 Å². The van der Waals surface area contributed by atoms with E-state index in [0.29, 0.717) is 44.4 Å². The second-order valence-corrected chi connectivity index (χ2v) is 9.99. The molecule has 174 valence electrons. The van der Waals surface area contributed by atoms with Gasteiger partial charge < -0.3 is 20.1 Å². The first kappa shape index (κ1) is 21.9. The molecule has 5 rings (SSSR count). The Bertz CT molecular complexity index is 1710. The summed E-state index contributed by atoms with van der Waals surface area (Å²) in [5, 5.41) is 16.5. The average molecular weight is 481 g/mol. The van der Waals surface area contributed by atoms with Crippen molar-refractivity contribution in [2.45, 2.75) is 24.8 Å². The number of aromatic carboxylic acids is 1.